The minimum Gasteiger partial charge on any atom is -0.367 e. The Bertz CT molecular complexity index is 660. The van der Waals surface area contributed by atoms with E-state index in [0.29, 0.717) is 19.5 Å². The third-order valence-corrected chi connectivity index (χ3v) is 4.36. The summed E-state index contributed by atoms with van der Waals surface area (Å²) in [4.78, 5) is 14.6. The van der Waals surface area contributed by atoms with E-state index in [9.17, 15) is 4.79 Å². The van der Waals surface area contributed by atoms with Crippen molar-refractivity contribution in [2.75, 3.05) is 13.1 Å². The third-order valence-electron chi connectivity index (χ3n) is 4.36. The standard InChI is InChI=1S/C20H24N2O2/c1-15-13-22(14-19(24-15)17-10-6-3-7-11-17)20(23)18(21)12-16-8-4-2-5-9-16/h2-11,15,18-19H,12-14,21H2,1H3/t15?,18-,19?/m0/s1. The zero-order valence-electron chi connectivity index (χ0n) is 14.0. The lowest BCUT2D eigenvalue weighted by molar-refractivity contribution is -0.146. The molecule has 3 atom stereocenters. The smallest absolute Gasteiger partial charge is 0.240 e. The Hall–Kier alpha value is -2.17. The summed E-state index contributed by atoms with van der Waals surface area (Å²) in [5.74, 6) is -0.00469. The van der Waals surface area contributed by atoms with Crippen LogP contribution in [-0.4, -0.2) is 36.0 Å². The maximum atomic E-state index is 12.8. The van der Waals surface area contributed by atoms with E-state index in [0.717, 1.165) is 11.1 Å². The van der Waals surface area contributed by atoms with Crippen molar-refractivity contribution in [2.24, 2.45) is 5.73 Å². The molecule has 1 amide bonds. The molecule has 1 fully saturated rings. The maximum absolute atomic E-state index is 12.8. The summed E-state index contributed by atoms with van der Waals surface area (Å²) in [5, 5.41) is 0. The van der Waals surface area contributed by atoms with Gasteiger partial charge in [0.1, 0.15) is 6.10 Å². The van der Waals surface area contributed by atoms with E-state index in [1.807, 2.05) is 72.5 Å². The Morgan fingerprint density at radius 3 is 2.42 bits per heavy atom. The molecule has 24 heavy (non-hydrogen) atoms. The molecule has 126 valence electrons. The highest BCUT2D eigenvalue weighted by molar-refractivity contribution is 5.82. The van der Waals surface area contributed by atoms with Crippen molar-refractivity contribution in [3.63, 3.8) is 0 Å². The first kappa shape index (κ1) is 16.7. The van der Waals surface area contributed by atoms with Gasteiger partial charge in [0.05, 0.1) is 18.7 Å². The molecule has 4 nitrogen and oxygen atoms in total. The predicted molar refractivity (Wildman–Crippen MR) is 94.4 cm³/mol. The molecule has 0 spiro atoms. The van der Waals surface area contributed by atoms with Gasteiger partial charge in [-0.3, -0.25) is 4.79 Å². The molecule has 2 N–H and O–H groups in total. The Kier molecular flexibility index (Phi) is 5.28. The molecular weight excluding hydrogens is 300 g/mol. The van der Waals surface area contributed by atoms with Gasteiger partial charge in [0.15, 0.2) is 0 Å². The van der Waals surface area contributed by atoms with Crippen molar-refractivity contribution in [3.8, 4) is 0 Å². The number of ether oxygens (including phenoxy) is 1. The summed E-state index contributed by atoms with van der Waals surface area (Å²) in [5.41, 5.74) is 8.36. The van der Waals surface area contributed by atoms with Gasteiger partial charge >= 0.3 is 0 Å². The highest BCUT2D eigenvalue weighted by atomic mass is 16.5. The van der Waals surface area contributed by atoms with E-state index in [-0.39, 0.29) is 18.1 Å². The van der Waals surface area contributed by atoms with Crippen LogP contribution in [-0.2, 0) is 16.0 Å². The van der Waals surface area contributed by atoms with Crippen LogP contribution in [0.25, 0.3) is 0 Å². The van der Waals surface area contributed by atoms with Crippen LogP contribution in [0.4, 0.5) is 0 Å². The Labute approximate surface area is 143 Å². The van der Waals surface area contributed by atoms with Crippen molar-refractivity contribution in [1.29, 1.82) is 0 Å². The lowest BCUT2D eigenvalue weighted by Gasteiger charge is -2.38. The highest BCUT2D eigenvalue weighted by Gasteiger charge is 2.31. The molecule has 2 aromatic carbocycles. The monoisotopic (exact) mass is 324 g/mol. The van der Waals surface area contributed by atoms with Crippen molar-refractivity contribution < 1.29 is 9.53 Å². The number of amides is 1. The number of morpholine rings is 1. The van der Waals surface area contributed by atoms with Gasteiger partial charge in [-0.2, -0.15) is 0 Å². The highest BCUT2D eigenvalue weighted by Crippen LogP contribution is 2.25. The third kappa shape index (κ3) is 4.02. The van der Waals surface area contributed by atoms with Crippen molar-refractivity contribution >= 4 is 5.91 Å². The van der Waals surface area contributed by atoms with Crippen LogP contribution in [0.1, 0.15) is 24.2 Å². The van der Waals surface area contributed by atoms with Crippen LogP contribution in [0.15, 0.2) is 60.7 Å². The second-order valence-electron chi connectivity index (χ2n) is 6.39. The molecule has 1 saturated heterocycles. The largest absolute Gasteiger partial charge is 0.367 e. The molecule has 1 aliphatic rings. The maximum Gasteiger partial charge on any atom is 0.240 e. The van der Waals surface area contributed by atoms with Crippen molar-refractivity contribution in [1.82, 2.24) is 4.90 Å². The van der Waals surface area contributed by atoms with Crippen LogP contribution in [0.2, 0.25) is 0 Å². The second-order valence-corrected chi connectivity index (χ2v) is 6.39. The molecule has 1 heterocycles. The molecule has 3 rings (SSSR count). The van der Waals surface area contributed by atoms with E-state index < -0.39 is 6.04 Å². The molecule has 2 unspecified atom stereocenters. The normalized spacial score (nSPS) is 22.2. The van der Waals surface area contributed by atoms with E-state index in [4.69, 9.17) is 10.5 Å². The first-order chi connectivity index (χ1) is 11.6. The van der Waals surface area contributed by atoms with Gasteiger partial charge in [-0.25, -0.2) is 0 Å². The topological polar surface area (TPSA) is 55.6 Å². The van der Waals surface area contributed by atoms with Gasteiger partial charge in [-0.15, -0.1) is 0 Å². The van der Waals surface area contributed by atoms with E-state index in [1.165, 1.54) is 0 Å². The minimum atomic E-state index is -0.519. The Morgan fingerprint density at radius 1 is 1.12 bits per heavy atom. The average Bonchev–Trinajstić information content (AvgIpc) is 2.62. The van der Waals surface area contributed by atoms with Crippen molar-refractivity contribution in [2.45, 2.75) is 31.6 Å². The number of carbonyl (C=O) groups excluding carboxylic acids is 1. The summed E-state index contributed by atoms with van der Waals surface area (Å²) in [7, 11) is 0. The van der Waals surface area contributed by atoms with Gasteiger partial charge in [0.25, 0.3) is 0 Å². The van der Waals surface area contributed by atoms with Gasteiger partial charge < -0.3 is 15.4 Å². The molecule has 0 saturated carbocycles. The van der Waals surface area contributed by atoms with Crippen LogP contribution in [0, 0.1) is 0 Å². The average molecular weight is 324 g/mol. The van der Waals surface area contributed by atoms with E-state index in [2.05, 4.69) is 0 Å². The summed E-state index contributed by atoms with van der Waals surface area (Å²) in [6.07, 6.45) is 0.459. The number of hydrogen-bond acceptors (Lipinski definition) is 3. The zero-order valence-corrected chi connectivity index (χ0v) is 14.0. The molecule has 0 bridgehead atoms. The molecule has 2 aromatic rings. The predicted octanol–water partition coefficient (Wildman–Crippen LogP) is 2.54. The number of nitrogens with zero attached hydrogens (tertiary/aromatic N) is 1. The van der Waals surface area contributed by atoms with Gasteiger partial charge in [0, 0.05) is 6.54 Å². The number of carbonyl (C=O) groups is 1. The fraction of sp³-hybridized carbons (Fsp3) is 0.350. The summed E-state index contributed by atoms with van der Waals surface area (Å²) in [6, 6.07) is 19.4. The molecule has 0 radical (unpaired) electrons. The van der Waals surface area contributed by atoms with Gasteiger partial charge in [-0.05, 0) is 24.5 Å². The number of benzene rings is 2. The lowest BCUT2D eigenvalue weighted by atomic mass is 10.0. The van der Waals surface area contributed by atoms with Crippen LogP contribution < -0.4 is 5.73 Å². The summed E-state index contributed by atoms with van der Waals surface area (Å²) < 4.78 is 6.02. The fourth-order valence-corrected chi connectivity index (χ4v) is 3.17. The first-order valence-corrected chi connectivity index (χ1v) is 8.42. The molecule has 4 heteroatoms. The van der Waals surface area contributed by atoms with Gasteiger partial charge in [-0.1, -0.05) is 60.7 Å². The number of rotatable bonds is 4. The first-order valence-electron chi connectivity index (χ1n) is 8.42. The SMILES string of the molecule is CC1CN(C(=O)[C@@H](N)Cc2ccccc2)CC(c2ccccc2)O1. The quantitative estimate of drug-likeness (QED) is 0.940. The van der Waals surface area contributed by atoms with Crippen LogP contribution >= 0.6 is 0 Å². The molecule has 1 aliphatic heterocycles. The fourth-order valence-electron chi connectivity index (χ4n) is 3.17. The van der Waals surface area contributed by atoms with Gasteiger partial charge in [0.2, 0.25) is 5.91 Å². The second kappa shape index (κ2) is 7.60. The lowest BCUT2D eigenvalue weighted by Crippen LogP contribution is -2.52. The Balaban J connectivity index is 1.67. The molecule has 0 aromatic heterocycles. The molecular formula is C20H24N2O2. The summed E-state index contributed by atoms with van der Waals surface area (Å²) in [6.45, 7) is 3.14. The van der Waals surface area contributed by atoms with Crippen LogP contribution in [0.5, 0.6) is 0 Å². The number of hydrogen-bond donors (Lipinski definition) is 1. The van der Waals surface area contributed by atoms with E-state index in [1.54, 1.807) is 0 Å². The molecule has 0 aliphatic carbocycles. The minimum absolute atomic E-state index is 0.00293. The number of nitrogens with two attached hydrogens (primary N) is 1. The van der Waals surface area contributed by atoms with Crippen LogP contribution in [0.3, 0.4) is 0 Å². The summed E-state index contributed by atoms with van der Waals surface area (Å²) >= 11 is 0. The Morgan fingerprint density at radius 2 is 1.75 bits per heavy atom. The van der Waals surface area contributed by atoms with Crippen molar-refractivity contribution in [3.05, 3.63) is 71.8 Å². The van der Waals surface area contributed by atoms with E-state index >= 15 is 0 Å². The zero-order chi connectivity index (χ0) is 16.9.